The second kappa shape index (κ2) is 5.83. The molecule has 0 saturated heterocycles. The van der Waals surface area contributed by atoms with E-state index in [1.807, 2.05) is 13.1 Å². The highest BCUT2D eigenvalue weighted by molar-refractivity contribution is 6.31. The number of rotatable bonds is 5. The topological polar surface area (TPSA) is 37.0 Å². The Hall–Kier alpha value is -0.800. The van der Waals surface area contributed by atoms with Gasteiger partial charge in [-0.05, 0) is 25.1 Å². The molecular formula is C10H16ClN3. The SMILES string of the molecule is CCCNc1cc(CNC)c(Cl)cn1. The van der Waals surface area contributed by atoms with Crippen molar-refractivity contribution < 1.29 is 0 Å². The largest absolute Gasteiger partial charge is 0.370 e. The molecule has 14 heavy (non-hydrogen) atoms. The summed E-state index contributed by atoms with van der Waals surface area (Å²) in [6.45, 7) is 3.83. The van der Waals surface area contributed by atoms with Crippen LogP contribution in [0.4, 0.5) is 5.82 Å². The summed E-state index contributed by atoms with van der Waals surface area (Å²) in [5.74, 6) is 0.890. The standard InChI is InChI=1S/C10H16ClN3/c1-3-4-13-10-5-8(6-12-2)9(11)7-14-10/h5,7,12H,3-4,6H2,1-2H3,(H,13,14). The Kier molecular flexibility index (Phi) is 4.70. The molecule has 0 radical (unpaired) electrons. The molecule has 4 heteroatoms. The second-order valence-electron chi connectivity index (χ2n) is 3.12. The Balaban J connectivity index is 2.72. The lowest BCUT2D eigenvalue weighted by molar-refractivity contribution is 0.816. The number of hydrogen-bond acceptors (Lipinski definition) is 3. The highest BCUT2D eigenvalue weighted by Crippen LogP contribution is 2.17. The van der Waals surface area contributed by atoms with Crippen LogP contribution in [0.2, 0.25) is 5.02 Å². The van der Waals surface area contributed by atoms with Gasteiger partial charge in [0.05, 0.1) is 5.02 Å². The van der Waals surface area contributed by atoms with E-state index in [1.54, 1.807) is 6.20 Å². The smallest absolute Gasteiger partial charge is 0.126 e. The molecule has 0 fully saturated rings. The molecule has 0 aliphatic rings. The van der Waals surface area contributed by atoms with Gasteiger partial charge in [-0.25, -0.2) is 4.98 Å². The van der Waals surface area contributed by atoms with Crippen molar-refractivity contribution in [1.29, 1.82) is 0 Å². The molecule has 0 spiro atoms. The third-order valence-electron chi connectivity index (χ3n) is 1.86. The summed E-state index contributed by atoms with van der Waals surface area (Å²) in [4.78, 5) is 4.19. The van der Waals surface area contributed by atoms with E-state index in [9.17, 15) is 0 Å². The molecule has 1 heterocycles. The van der Waals surface area contributed by atoms with Gasteiger partial charge in [0.1, 0.15) is 5.82 Å². The van der Waals surface area contributed by atoms with E-state index in [0.717, 1.165) is 30.9 Å². The molecule has 0 saturated carbocycles. The van der Waals surface area contributed by atoms with Crippen LogP contribution >= 0.6 is 11.6 Å². The predicted molar refractivity (Wildman–Crippen MR) is 60.8 cm³/mol. The van der Waals surface area contributed by atoms with Crippen LogP contribution in [0.15, 0.2) is 12.3 Å². The quantitative estimate of drug-likeness (QED) is 0.788. The van der Waals surface area contributed by atoms with Gasteiger partial charge in [0, 0.05) is 19.3 Å². The Morgan fingerprint density at radius 1 is 1.50 bits per heavy atom. The van der Waals surface area contributed by atoms with E-state index in [0.29, 0.717) is 5.02 Å². The third kappa shape index (κ3) is 3.16. The van der Waals surface area contributed by atoms with Crippen molar-refractivity contribution in [3.8, 4) is 0 Å². The van der Waals surface area contributed by atoms with Crippen LogP contribution in [0.3, 0.4) is 0 Å². The van der Waals surface area contributed by atoms with Crippen molar-refractivity contribution in [3.63, 3.8) is 0 Å². The molecule has 0 aromatic carbocycles. The number of halogens is 1. The van der Waals surface area contributed by atoms with Crippen LogP contribution in [0, 0.1) is 0 Å². The summed E-state index contributed by atoms with van der Waals surface area (Å²) in [6, 6.07) is 1.98. The molecule has 1 aromatic heterocycles. The molecule has 1 aromatic rings. The van der Waals surface area contributed by atoms with Crippen molar-refractivity contribution >= 4 is 17.4 Å². The summed E-state index contributed by atoms with van der Waals surface area (Å²) in [5.41, 5.74) is 1.07. The molecule has 0 aliphatic heterocycles. The van der Waals surface area contributed by atoms with Gasteiger partial charge < -0.3 is 10.6 Å². The van der Waals surface area contributed by atoms with Crippen LogP contribution in [-0.2, 0) is 6.54 Å². The van der Waals surface area contributed by atoms with Gasteiger partial charge in [-0.2, -0.15) is 0 Å². The molecule has 3 nitrogen and oxygen atoms in total. The molecule has 1 rings (SSSR count). The van der Waals surface area contributed by atoms with E-state index in [1.165, 1.54) is 0 Å². The Labute approximate surface area is 89.9 Å². The molecular weight excluding hydrogens is 198 g/mol. The Morgan fingerprint density at radius 2 is 2.29 bits per heavy atom. The zero-order valence-electron chi connectivity index (χ0n) is 8.60. The highest BCUT2D eigenvalue weighted by Gasteiger charge is 2.01. The molecule has 78 valence electrons. The fourth-order valence-electron chi connectivity index (χ4n) is 1.16. The van der Waals surface area contributed by atoms with Gasteiger partial charge in [0.25, 0.3) is 0 Å². The van der Waals surface area contributed by atoms with E-state index in [2.05, 4.69) is 22.5 Å². The summed E-state index contributed by atoms with van der Waals surface area (Å²) in [6.07, 6.45) is 2.78. The van der Waals surface area contributed by atoms with Crippen molar-refractivity contribution in [2.45, 2.75) is 19.9 Å². The average molecular weight is 214 g/mol. The average Bonchev–Trinajstić information content (AvgIpc) is 2.19. The van der Waals surface area contributed by atoms with E-state index in [-0.39, 0.29) is 0 Å². The Bertz CT molecular complexity index is 289. The lowest BCUT2D eigenvalue weighted by Gasteiger charge is -2.07. The van der Waals surface area contributed by atoms with Crippen molar-refractivity contribution in [2.24, 2.45) is 0 Å². The molecule has 0 aliphatic carbocycles. The maximum Gasteiger partial charge on any atom is 0.126 e. The molecule has 0 unspecified atom stereocenters. The first-order valence-electron chi connectivity index (χ1n) is 4.80. The second-order valence-corrected chi connectivity index (χ2v) is 3.53. The third-order valence-corrected chi connectivity index (χ3v) is 2.20. The Morgan fingerprint density at radius 3 is 2.93 bits per heavy atom. The van der Waals surface area contributed by atoms with Gasteiger partial charge in [-0.15, -0.1) is 0 Å². The minimum atomic E-state index is 0.710. The number of hydrogen-bond donors (Lipinski definition) is 2. The van der Waals surface area contributed by atoms with Crippen molar-refractivity contribution in [1.82, 2.24) is 10.3 Å². The minimum Gasteiger partial charge on any atom is -0.370 e. The monoisotopic (exact) mass is 213 g/mol. The van der Waals surface area contributed by atoms with Gasteiger partial charge in [-0.1, -0.05) is 18.5 Å². The fraction of sp³-hybridized carbons (Fsp3) is 0.500. The fourth-order valence-corrected chi connectivity index (χ4v) is 1.33. The van der Waals surface area contributed by atoms with Gasteiger partial charge >= 0.3 is 0 Å². The van der Waals surface area contributed by atoms with Crippen LogP contribution < -0.4 is 10.6 Å². The first-order chi connectivity index (χ1) is 6.77. The van der Waals surface area contributed by atoms with E-state index in [4.69, 9.17) is 11.6 Å². The van der Waals surface area contributed by atoms with Crippen LogP contribution in [0.25, 0.3) is 0 Å². The molecule has 0 bridgehead atoms. The van der Waals surface area contributed by atoms with E-state index >= 15 is 0 Å². The number of nitrogens with zero attached hydrogens (tertiary/aromatic N) is 1. The van der Waals surface area contributed by atoms with Gasteiger partial charge in [0.2, 0.25) is 0 Å². The maximum absolute atomic E-state index is 5.98. The lowest BCUT2D eigenvalue weighted by Crippen LogP contribution is -2.08. The van der Waals surface area contributed by atoms with E-state index < -0.39 is 0 Å². The van der Waals surface area contributed by atoms with Gasteiger partial charge in [-0.3, -0.25) is 0 Å². The van der Waals surface area contributed by atoms with Crippen molar-refractivity contribution in [3.05, 3.63) is 22.8 Å². The summed E-state index contributed by atoms with van der Waals surface area (Å²) in [5, 5.41) is 7.00. The van der Waals surface area contributed by atoms with Crippen LogP contribution in [0.1, 0.15) is 18.9 Å². The first-order valence-corrected chi connectivity index (χ1v) is 5.18. The lowest BCUT2D eigenvalue weighted by atomic mass is 10.2. The summed E-state index contributed by atoms with van der Waals surface area (Å²) < 4.78 is 0. The summed E-state index contributed by atoms with van der Waals surface area (Å²) in [7, 11) is 1.90. The molecule has 0 amide bonds. The number of pyridine rings is 1. The van der Waals surface area contributed by atoms with Crippen LogP contribution in [-0.4, -0.2) is 18.6 Å². The maximum atomic E-state index is 5.98. The molecule has 2 N–H and O–H groups in total. The summed E-state index contributed by atoms with van der Waals surface area (Å²) >= 11 is 5.98. The van der Waals surface area contributed by atoms with Crippen LogP contribution in [0.5, 0.6) is 0 Å². The predicted octanol–water partition coefficient (Wildman–Crippen LogP) is 2.28. The van der Waals surface area contributed by atoms with Crippen molar-refractivity contribution in [2.75, 3.05) is 18.9 Å². The number of nitrogens with one attached hydrogen (secondary N) is 2. The highest BCUT2D eigenvalue weighted by atomic mass is 35.5. The zero-order valence-corrected chi connectivity index (χ0v) is 9.36. The minimum absolute atomic E-state index is 0.710. The zero-order chi connectivity index (χ0) is 10.4. The molecule has 0 atom stereocenters. The first kappa shape index (κ1) is 11.3. The number of anilines is 1. The normalized spacial score (nSPS) is 10.2. The van der Waals surface area contributed by atoms with Gasteiger partial charge in [0.15, 0.2) is 0 Å². The number of aromatic nitrogens is 1.